The number of halogens is 3. The summed E-state index contributed by atoms with van der Waals surface area (Å²) in [7, 11) is 1.26. The monoisotopic (exact) mass is 382 g/mol. The highest BCUT2D eigenvalue weighted by atomic mass is 19.4. The molecule has 0 N–H and O–H groups in total. The van der Waals surface area contributed by atoms with Gasteiger partial charge in [0.25, 0.3) is 0 Å². The maximum Gasteiger partial charge on any atom is 0.416 e. The van der Waals surface area contributed by atoms with Gasteiger partial charge in [0, 0.05) is 17.8 Å². The summed E-state index contributed by atoms with van der Waals surface area (Å²) in [5, 5.41) is 3.92. The van der Waals surface area contributed by atoms with Gasteiger partial charge in [0.05, 0.1) is 18.4 Å². The Morgan fingerprint density at radius 3 is 2.41 bits per heavy atom. The normalized spacial score (nSPS) is 11.8. The Balaban J connectivity index is 1.89. The highest BCUT2D eigenvalue weighted by Crippen LogP contribution is 2.29. The number of benzene rings is 1. The van der Waals surface area contributed by atoms with Crippen molar-refractivity contribution in [1.29, 1.82) is 0 Å². The molecule has 0 aliphatic carbocycles. The lowest BCUT2D eigenvalue weighted by atomic mass is 10.1. The van der Waals surface area contributed by atoms with Gasteiger partial charge < -0.3 is 14.3 Å². The molecule has 1 heterocycles. The van der Waals surface area contributed by atoms with Crippen LogP contribution in [0.1, 0.15) is 23.6 Å². The van der Waals surface area contributed by atoms with E-state index in [9.17, 15) is 18.0 Å². The fourth-order valence-corrected chi connectivity index (χ4v) is 1.92. The second kappa shape index (κ2) is 9.02. The molecular weight excluding hydrogens is 365 g/mol. The highest BCUT2D eigenvalue weighted by molar-refractivity contribution is 5.98. The summed E-state index contributed by atoms with van der Waals surface area (Å²) < 4.78 is 47.1. The van der Waals surface area contributed by atoms with Gasteiger partial charge in [0.2, 0.25) is 5.88 Å². The summed E-state index contributed by atoms with van der Waals surface area (Å²) in [5.41, 5.74) is 1.03. The van der Waals surface area contributed by atoms with E-state index in [0.717, 1.165) is 12.1 Å². The van der Waals surface area contributed by atoms with Crippen LogP contribution in [0.3, 0.4) is 0 Å². The van der Waals surface area contributed by atoms with Gasteiger partial charge >= 0.3 is 12.1 Å². The van der Waals surface area contributed by atoms with Crippen molar-refractivity contribution >= 4 is 11.7 Å². The molecule has 0 saturated heterocycles. The zero-order chi connectivity index (χ0) is 19.9. The van der Waals surface area contributed by atoms with Crippen molar-refractivity contribution in [2.24, 2.45) is 5.16 Å². The van der Waals surface area contributed by atoms with Crippen LogP contribution in [0.2, 0.25) is 0 Å². The number of alkyl halides is 3. The number of esters is 1. The number of nitrogens with zero attached hydrogens (tertiary/aromatic N) is 2. The molecule has 0 radical (unpaired) electrons. The first kappa shape index (κ1) is 20.2. The minimum atomic E-state index is -4.37. The summed E-state index contributed by atoms with van der Waals surface area (Å²) in [5.74, 6) is -0.266. The molecule has 0 spiro atoms. The summed E-state index contributed by atoms with van der Waals surface area (Å²) >= 11 is 0. The quantitative estimate of drug-likeness (QED) is 0.416. The number of hydrogen-bond donors (Lipinski definition) is 0. The van der Waals surface area contributed by atoms with Crippen molar-refractivity contribution < 1.29 is 32.3 Å². The lowest BCUT2D eigenvalue weighted by Crippen LogP contribution is -2.13. The smallest absolute Gasteiger partial charge is 0.416 e. The number of methoxy groups -OCH3 is 1. The van der Waals surface area contributed by atoms with Gasteiger partial charge in [-0.05, 0) is 30.7 Å². The minimum Gasteiger partial charge on any atom is -0.466 e. The molecule has 0 unspecified atom stereocenters. The third kappa shape index (κ3) is 6.28. The molecule has 0 aliphatic heterocycles. The summed E-state index contributed by atoms with van der Waals surface area (Å²) in [4.78, 5) is 20.2. The number of carbonyl (C=O) groups is 1. The first-order valence-electron chi connectivity index (χ1n) is 7.78. The van der Waals surface area contributed by atoms with Gasteiger partial charge in [-0.15, -0.1) is 0 Å². The van der Waals surface area contributed by atoms with Gasteiger partial charge in [0.1, 0.15) is 6.61 Å². The van der Waals surface area contributed by atoms with Crippen LogP contribution < -0.4 is 4.74 Å². The van der Waals surface area contributed by atoms with Crippen molar-refractivity contribution in [3.8, 4) is 5.88 Å². The average molecular weight is 382 g/mol. The summed E-state index contributed by atoms with van der Waals surface area (Å²) in [6.07, 6.45) is -2.87. The number of ether oxygens (including phenoxy) is 2. The standard InChI is InChI=1S/C18H17F3N2O4/c1-12(14-5-8-16(22-9-14)26-11-17(24)25-2)23-27-10-13-3-6-15(7-4-13)18(19,20)21/h3-9H,10-11H2,1-2H3. The van der Waals surface area contributed by atoms with Crippen molar-refractivity contribution in [3.05, 3.63) is 59.3 Å². The third-order valence-corrected chi connectivity index (χ3v) is 3.43. The molecule has 144 valence electrons. The Hall–Kier alpha value is -3.10. The van der Waals surface area contributed by atoms with E-state index in [2.05, 4.69) is 14.9 Å². The van der Waals surface area contributed by atoms with E-state index in [1.807, 2.05) is 0 Å². The maximum atomic E-state index is 12.5. The van der Waals surface area contributed by atoms with E-state index < -0.39 is 17.7 Å². The lowest BCUT2D eigenvalue weighted by molar-refractivity contribution is -0.143. The SMILES string of the molecule is COC(=O)COc1ccc(C(C)=NOCc2ccc(C(F)(F)F)cc2)cn1. The summed E-state index contributed by atoms with van der Waals surface area (Å²) in [6.45, 7) is 1.48. The van der Waals surface area contributed by atoms with Gasteiger partial charge in [-0.1, -0.05) is 17.3 Å². The molecular formula is C18H17F3N2O4. The molecule has 6 nitrogen and oxygen atoms in total. The van der Waals surface area contributed by atoms with Gasteiger partial charge in [-0.25, -0.2) is 9.78 Å². The Morgan fingerprint density at radius 1 is 1.15 bits per heavy atom. The summed E-state index contributed by atoms with van der Waals surface area (Å²) in [6, 6.07) is 7.90. The number of hydrogen-bond acceptors (Lipinski definition) is 6. The molecule has 0 amide bonds. The first-order valence-corrected chi connectivity index (χ1v) is 7.78. The van der Waals surface area contributed by atoms with Gasteiger partial charge in [0.15, 0.2) is 6.61 Å². The molecule has 27 heavy (non-hydrogen) atoms. The van der Waals surface area contributed by atoms with E-state index in [1.165, 1.54) is 25.4 Å². The second-order valence-electron chi connectivity index (χ2n) is 5.39. The van der Waals surface area contributed by atoms with Gasteiger partial charge in [-0.3, -0.25) is 0 Å². The Kier molecular flexibility index (Phi) is 6.75. The van der Waals surface area contributed by atoms with Crippen LogP contribution in [-0.2, 0) is 27.2 Å². The number of aromatic nitrogens is 1. The lowest BCUT2D eigenvalue weighted by Gasteiger charge is -2.07. The van der Waals surface area contributed by atoms with Crippen molar-refractivity contribution in [1.82, 2.24) is 4.98 Å². The number of pyridine rings is 1. The number of carbonyl (C=O) groups excluding carboxylic acids is 1. The van der Waals surface area contributed by atoms with Crippen molar-refractivity contribution in [3.63, 3.8) is 0 Å². The van der Waals surface area contributed by atoms with Gasteiger partial charge in [-0.2, -0.15) is 13.2 Å². The van der Waals surface area contributed by atoms with Crippen LogP contribution in [-0.4, -0.2) is 30.4 Å². The molecule has 0 bridgehead atoms. The molecule has 0 saturated carbocycles. The minimum absolute atomic E-state index is 0.0310. The van der Waals surface area contributed by atoms with E-state index >= 15 is 0 Å². The predicted octanol–water partition coefficient (Wildman–Crippen LogP) is 3.59. The molecule has 0 aliphatic rings. The number of oxime groups is 1. The molecule has 0 fully saturated rings. The average Bonchev–Trinajstić information content (AvgIpc) is 2.66. The van der Waals surface area contributed by atoms with Crippen LogP contribution in [0, 0.1) is 0 Å². The van der Waals surface area contributed by atoms with Crippen LogP contribution in [0.5, 0.6) is 5.88 Å². The topological polar surface area (TPSA) is 70.0 Å². The molecule has 1 aromatic carbocycles. The van der Waals surface area contributed by atoms with Crippen LogP contribution in [0.25, 0.3) is 0 Å². The Morgan fingerprint density at radius 2 is 1.85 bits per heavy atom. The fourth-order valence-electron chi connectivity index (χ4n) is 1.92. The zero-order valence-corrected chi connectivity index (χ0v) is 14.6. The van der Waals surface area contributed by atoms with Crippen molar-refractivity contribution in [2.75, 3.05) is 13.7 Å². The van der Waals surface area contributed by atoms with Crippen molar-refractivity contribution in [2.45, 2.75) is 19.7 Å². The third-order valence-electron chi connectivity index (χ3n) is 3.43. The molecule has 0 atom stereocenters. The second-order valence-corrected chi connectivity index (χ2v) is 5.39. The van der Waals surface area contributed by atoms with E-state index in [4.69, 9.17) is 9.57 Å². The zero-order valence-electron chi connectivity index (χ0n) is 14.6. The molecule has 1 aromatic heterocycles. The Bertz CT molecular complexity index is 788. The van der Waals surface area contributed by atoms with Crippen LogP contribution in [0.4, 0.5) is 13.2 Å². The van der Waals surface area contributed by atoms with E-state index in [-0.39, 0.29) is 19.1 Å². The largest absolute Gasteiger partial charge is 0.466 e. The maximum absolute atomic E-state index is 12.5. The van der Waals surface area contributed by atoms with Crippen LogP contribution >= 0.6 is 0 Å². The predicted molar refractivity (Wildman–Crippen MR) is 90.2 cm³/mol. The van der Waals surface area contributed by atoms with E-state index in [1.54, 1.807) is 19.1 Å². The first-order chi connectivity index (χ1) is 12.8. The Labute approximate surface area is 153 Å². The van der Waals surface area contributed by atoms with E-state index in [0.29, 0.717) is 16.8 Å². The van der Waals surface area contributed by atoms with Crippen LogP contribution in [0.15, 0.2) is 47.8 Å². The fraction of sp³-hybridized carbons (Fsp3) is 0.278. The molecule has 9 heteroatoms. The number of rotatable bonds is 7. The molecule has 2 aromatic rings. The molecule has 2 rings (SSSR count). The highest BCUT2D eigenvalue weighted by Gasteiger charge is 2.29.